The molecule has 35 heavy (non-hydrogen) atoms. The number of benzene rings is 2. The molecule has 7 nitrogen and oxygen atoms in total. The lowest BCUT2D eigenvalue weighted by molar-refractivity contribution is -0.137. The van der Waals surface area contributed by atoms with Crippen molar-refractivity contribution in [1.29, 1.82) is 0 Å². The minimum absolute atomic E-state index is 0.0406. The van der Waals surface area contributed by atoms with Crippen LogP contribution in [0.15, 0.2) is 48.5 Å². The zero-order chi connectivity index (χ0) is 25.0. The third-order valence-corrected chi connectivity index (χ3v) is 6.37. The summed E-state index contributed by atoms with van der Waals surface area (Å²) in [7, 11) is 0. The van der Waals surface area contributed by atoms with E-state index in [0.29, 0.717) is 26.0 Å². The van der Waals surface area contributed by atoms with E-state index >= 15 is 0 Å². The van der Waals surface area contributed by atoms with Gasteiger partial charge in [-0.2, -0.15) is 0 Å². The second-order valence-corrected chi connectivity index (χ2v) is 9.07. The Kier molecular flexibility index (Phi) is 10.1. The van der Waals surface area contributed by atoms with E-state index < -0.39 is 12.1 Å². The Balaban J connectivity index is 1.29. The predicted molar refractivity (Wildman–Crippen MR) is 135 cm³/mol. The first kappa shape index (κ1) is 26.3. The van der Waals surface area contributed by atoms with E-state index in [1.807, 2.05) is 31.2 Å². The standard InChI is InChI=1S/C28H36N2O5/c1-2-11-20(18-27(32)33)30-26(31)16-5-3-4-10-17-29-28(34)35-19-25-23-14-8-6-12-21(23)22-13-7-9-15-24(22)25/h6-9,12-15,20,25H,2-5,10-11,16-19H2,1H3,(H,29,34)(H,30,31)(H,32,33)/t20-/m0/s1. The maximum absolute atomic E-state index is 12.2. The van der Waals surface area contributed by atoms with Gasteiger partial charge in [-0.15, -0.1) is 0 Å². The Labute approximate surface area is 207 Å². The van der Waals surface area contributed by atoms with Crippen molar-refractivity contribution in [2.45, 2.75) is 70.3 Å². The lowest BCUT2D eigenvalue weighted by atomic mass is 9.98. The molecule has 2 aromatic carbocycles. The molecule has 188 valence electrons. The van der Waals surface area contributed by atoms with Crippen LogP contribution in [0, 0.1) is 0 Å². The van der Waals surface area contributed by atoms with Crippen molar-refractivity contribution in [2.24, 2.45) is 0 Å². The van der Waals surface area contributed by atoms with Gasteiger partial charge >= 0.3 is 12.1 Å². The number of nitrogens with one attached hydrogen (secondary N) is 2. The molecule has 0 spiro atoms. The number of amides is 2. The maximum Gasteiger partial charge on any atom is 0.407 e. The minimum Gasteiger partial charge on any atom is -0.481 e. The van der Waals surface area contributed by atoms with Crippen LogP contribution in [0.3, 0.4) is 0 Å². The number of carbonyl (C=O) groups is 3. The second-order valence-electron chi connectivity index (χ2n) is 9.07. The summed E-state index contributed by atoms with van der Waals surface area (Å²) in [6.07, 6.45) is 4.75. The molecule has 0 heterocycles. The van der Waals surface area contributed by atoms with Gasteiger partial charge in [0.1, 0.15) is 6.61 Å². The van der Waals surface area contributed by atoms with Crippen molar-refractivity contribution in [3.63, 3.8) is 0 Å². The second kappa shape index (κ2) is 13.5. The Morgan fingerprint density at radius 2 is 1.57 bits per heavy atom. The van der Waals surface area contributed by atoms with Gasteiger partial charge in [-0.1, -0.05) is 74.7 Å². The first-order valence-corrected chi connectivity index (χ1v) is 12.6. The molecule has 3 N–H and O–H groups in total. The van der Waals surface area contributed by atoms with Crippen LogP contribution in [0.25, 0.3) is 11.1 Å². The molecule has 0 fully saturated rings. The number of aliphatic carboxylic acids is 1. The monoisotopic (exact) mass is 480 g/mol. The molecule has 0 aromatic heterocycles. The van der Waals surface area contributed by atoms with Crippen LogP contribution >= 0.6 is 0 Å². The molecule has 2 aromatic rings. The number of fused-ring (bicyclic) bond motifs is 3. The van der Waals surface area contributed by atoms with Crippen molar-refractivity contribution in [3.8, 4) is 11.1 Å². The third kappa shape index (κ3) is 7.84. The fraction of sp³-hybridized carbons (Fsp3) is 0.464. The smallest absolute Gasteiger partial charge is 0.407 e. The molecule has 1 aliphatic rings. The number of alkyl carbamates (subject to hydrolysis) is 1. The highest BCUT2D eigenvalue weighted by Gasteiger charge is 2.28. The fourth-order valence-corrected chi connectivity index (χ4v) is 4.69. The Bertz CT molecular complexity index is 961. The van der Waals surface area contributed by atoms with Gasteiger partial charge < -0.3 is 20.5 Å². The number of hydrogen-bond acceptors (Lipinski definition) is 4. The van der Waals surface area contributed by atoms with Gasteiger partial charge in [-0.05, 0) is 41.5 Å². The Morgan fingerprint density at radius 3 is 2.20 bits per heavy atom. The number of rotatable bonds is 14. The van der Waals surface area contributed by atoms with Crippen LogP contribution in [0.2, 0.25) is 0 Å². The molecular weight excluding hydrogens is 444 g/mol. The van der Waals surface area contributed by atoms with Crippen LogP contribution in [-0.2, 0) is 14.3 Å². The molecule has 0 unspecified atom stereocenters. The molecule has 0 saturated carbocycles. The molecule has 1 atom stereocenters. The lowest BCUT2D eigenvalue weighted by Gasteiger charge is -2.16. The Hall–Kier alpha value is -3.35. The van der Waals surface area contributed by atoms with Crippen molar-refractivity contribution in [3.05, 3.63) is 59.7 Å². The SMILES string of the molecule is CCC[C@@H](CC(=O)O)NC(=O)CCCCCCNC(=O)OCC1c2ccccc2-c2ccccc21. The van der Waals surface area contributed by atoms with E-state index in [4.69, 9.17) is 9.84 Å². The topological polar surface area (TPSA) is 105 Å². The number of carboxylic acid groups (broad SMARTS) is 1. The third-order valence-electron chi connectivity index (χ3n) is 6.37. The van der Waals surface area contributed by atoms with E-state index in [1.165, 1.54) is 22.3 Å². The maximum atomic E-state index is 12.2. The number of unbranched alkanes of at least 4 members (excludes halogenated alkanes) is 3. The molecule has 3 rings (SSSR count). The van der Waals surface area contributed by atoms with Crippen molar-refractivity contribution in [2.75, 3.05) is 13.2 Å². The summed E-state index contributed by atoms with van der Waals surface area (Å²) in [6, 6.07) is 16.2. The highest BCUT2D eigenvalue weighted by molar-refractivity contribution is 5.79. The van der Waals surface area contributed by atoms with Gasteiger partial charge in [0.05, 0.1) is 6.42 Å². The molecular formula is C28H36N2O5. The molecule has 7 heteroatoms. The predicted octanol–water partition coefficient (Wildman–Crippen LogP) is 5.24. The van der Waals surface area contributed by atoms with Crippen molar-refractivity contribution in [1.82, 2.24) is 10.6 Å². The average molecular weight is 481 g/mol. The number of hydrogen-bond donors (Lipinski definition) is 3. The summed E-state index contributed by atoms with van der Waals surface area (Å²) in [5.41, 5.74) is 4.78. The Morgan fingerprint density at radius 1 is 0.943 bits per heavy atom. The highest BCUT2D eigenvalue weighted by Crippen LogP contribution is 2.44. The lowest BCUT2D eigenvalue weighted by Crippen LogP contribution is -2.36. The molecule has 1 aliphatic carbocycles. The molecule has 0 aliphatic heterocycles. The van der Waals surface area contributed by atoms with Crippen molar-refractivity contribution < 1.29 is 24.2 Å². The van der Waals surface area contributed by atoms with Gasteiger partial charge in [0, 0.05) is 24.9 Å². The van der Waals surface area contributed by atoms with Gasteiger partial charge in [0.2, 0.25) is 5.91 Å². The van der Waals surface area contributed by atoms with Crippen LogP contribution < -0.4 is 10.6 Å². The quantitative estimate of drug-likeness (QED) is 0.321. The van der Waals surface area contributed by atoms with E-state index in [-0.39, 0.29) is 24.3 Å². The van der Waals surface area contributed by atoms with E-state index in [1.54, 1.807) is 0 Å². The number of ether oxygens (including phenoxy) is 1. The number of carbonyl (C=O) groups excluding carboxylic acids is 2. The fourth-order valence-electron chi connectivity index (χ4n) is 4.69. The summed E-state index contributed by atoms with van der Waals surface area (Å²) in [4.78, 5) is 35.1. The van der Waals surface area contributed by atoms with Crippen LogP contribution in [0.5, 0.6) is 0 Å². The summed E-state index contributed by atoms with van der Waals surface area (Å²) < 4.78 is 5.54. The number of carboxylic acids is 1. The summed E-state index contributed by atoms with van der Waals surface area (Å²) in [5, 5.41) is 14.6. The van der Waals surface area contributed by atoms with Gasteiger partial charge in [-0.3, -0.25) is 9.59 Å². The highest BCUT2D eigenvalue weighted by atomic mass is 16.5. The summed E-state index contributed by atoms with van der Waals surface area (Å²) >= 11 is 0. The first-order chi connectivity index (χ1) is 17.0. The molecule has 0 bridgehead atoms. The zero-order valence-electron chi connectivity index (χ0n) is 20.4. The van der Waals surface area contributed by atoms with E-state index in [0.717, 1.165) is 32.1 Å². The van der Waals surface area contributed by atoms with E-state index in [9.17, 15) is 14.4 Å². The van der Waals surface area contributed by atoms with Gasteiger partial charge in [0.25, 0.3) is 0 Å². The summed E-state index contributed by atoms with van der Waals surface area (Å²) in [6.45, 7) is 2.80. The minimum atomic E-state index is -0.896. The normalized spacial score (nSPS) is 12.9. The van der Waals surface area contributed by atoms with Gasteiger partial charge in [-0.25, -0.2) is 4.79 Å². The van der Waals surface area contributed by atoms with Gasteiger partial charge in [0.15, 0.2) is 0 Å². The zero-order valence-corrected chi connectivity index (χ0v) is 20.4. The summed E-state index contributed by atoms with van der Waals surface area (Å²) in [5.74, 6) is -0.944. The largest absolute Gasteiger partial charge is 0.481 e. The molecule has 2 amide bonds. The van der Waals surface area contributed by atoms with Crippen LogP contribution in [0.1, 0.15) is 75.3 Å². The van der Waals surface area contributed by atoms with E-state index in [2.05, 4.69) is 34.9 Å². The first-order valence-electron chi connectivity index (χ1n) is 12.6. The average Bonchev–Trinajstić information content (AvgIpc) is 3.15. The van der Waals surface area contributed by atoms with Crippen LogP contribution in [0.4, 0.5) is 4.79 Å². The molecule has 0 saturated heterocycles. The van der Waals surface area contributed by atoms with Crippen molar-refractivity contribution >= 4 is 18.0 Å². The van der Waals surface area contributed by atoms with Crippen LogP contribution in [-0.4, -0.2) is 42.3 Å². The molecule has 0 radical (unpaired) electrons.